The molecule has 1 fully saturated rings. The fourth-order valence-electron chi connectivity index (χ4n) is 3.49. The maximum absolute atomic E-state index is 12.8. The van der Waals surface area contributed by atoms with Gasteiger partial charge in [0.05, 0.1) is 6.61 Å². The van der Waals surface area contributed by atoms with E-state index < -0.39 is 0 Å². The molecule has 3 rings (SSSR count). The van der Waals surface area contributed by atoms with Crippen molar-refractivity contribution in [3.63, 3.8) is 0 Å². The van der Waals surface area contributed by atoms with Crippen LogP contribution in [-0.2, 0) is 6.54 Å². The van der Waals surface area contributed by atoms with E-state index in [9.17, 15) is 4.79 Å². The van der Waals surface area contributed by atoms with Crippen molar-refractivity contribution in [1.29, 1.82) is 0 Å². The Hall–Kier alpha value is -2.49. The molecular formula is C23H30N2O2. The minimum Gasteiger partial charge on any atom is -0.494 e. The summed E-state index contributed by atoms with van der Waals surface area (Å²) in [6.07, 6.45) is 4.64. The highest BCUT2D eigenvalue weighted by Crippen LogP contribution is 2.26. The predicted octanol–water partition coefficient (Wildman–Crippen LogP) is 4.74. The van der Waals surface area contributed by atoms with Gasteiger partial charge in [0, 0.05) is 37.9 Å². The fourth-order valence-corrected chi connectivity index (χ4v) is 3.49. The molecule has 144 valence electrons. The summed E-state index contributed by atoms with van der Waals surface area (Å²) in [6.45, 7) is 5.68. The molecule has 1 amide bonds. The van der Waals surface area contributed by atoms with Crippen LogP contribution in [0.15, 0.2) is 48.5 Å². The topological polar surface area (TPSA) is 32.8 Å². The standard InChI is InChI=1S/C23H30N2O2/c1-3-4-17-27-21-13-11-19(12-14-21)23(26)24(2)18-20-9-5-6-10-22(20)25-15-7-8-16-25/h5-6,9-14H,3-4,7-8,15-18H2,1-2H3. The number of carbonyl (C=O) groups excluding carboxylic acids is 1. The van der Waals surface area contributed by atoms with Crippen LogP contribution in [-0.4, -0.2) is 37.6 Å². The lowest BCUT2D eigenvalue weighted by atomic mass is 10.1. The predicted molar refractivity (Wildman–Crippen MR) is 111 cm³/mol. The highest BCUT2D eigenvalue weighted by molar-refractivity contribution is 5.94. The Morgan fingerprint density at radius 2 is 1.78 bits per heavy atom. The van der Waals surface area contributed by atoms with Gasteiger partial charge in [0.15, 0.2) is 0 Å². The molecule has 0 spiro atoms. The number of hydrogen-bond acceptors (Lipinski definition) is 3. The van der Waals surface area contributed by atoms with Gasteiger partial charge in [-0.05, 0) is 55.2 Å². The van der Waals surface area contributed by atoms with Gasteiger partial charge < -0.3 is 14.5 Å². The van der Waals surface area contributed by atoms with Gasteiger partial charge in [0.2, 0.25) is 0 Å². The Kier molecular flexibility index (Phi) is 6.74. The first-order valence-electron chi connectivity index (χ1n) is 10.00. The third-order valence-electron chi connectivity index (χ3n) is 5.06. The van der Waals surface area contributed by atoms with Crippen LogP contribution in [0.5, 0.6) is 5.75 Å². The lowest BCUT2D eigenvalue weighted by molar-refractivity contribution is 0.0785. The Balaban J connectivity index is 1.64. The minimum absolute atomic E-state index is 0.0336. The molecule has 0 unspecified atom stereocenters. The van der Waals surface area contributed by atoms with Gasteiger partial charge >= 0.3 is 0 Å². The highest BCUT2D eigenvalue weighted by atomic mass is 16.5. The van der Waals surface area contributed by atoms with Crippen molar-refractivity contribution < 1.29 is 9.53 Å². The molecule has 0 N–H and O–H groups in total. The summed E-state index contributed by atoms with van der Waals surface area (Å²) in [5.74, 6) is 0.855. The summed E-state index contributed by atoms with van der Waals surface area (Å²) in [5, 5.41) is 0. The van der Waals surface area contributed by atoms with Crippen LogP contribution in [0.4, 0.5) is 5.69 Å². The molecule has 0 radical (unpaired) electrons. The number of nitrogens with zero attached hydrogens (tertiary/aromatic N) is 2. The zero-order valence-corrected chi connectivity index (χ0v) is 16.5. The van der Waals surface area contributed by atoms with Crippen molar-refractivity contribution >= 4 is 11.6 Å². The first-order chi connectivity index (χ1) is 13.2. The molecule has 1 aliphatic rings. The Morgan fingerprint density at radius 1 is 1.07 bits per heavy atom. The number of para-hydroxylation sites is 1. The van der Waals surface area contributed by atoms with E-state index in [0.717, 1.165) is 38.3 Å². The Morgan fingerprint density at radius 3 is 2.48 bits per heavy atom. The molecule has 1 heterocycles. The van der Waals surface area contributed by atoms with Crippen molar-refractivity contribution in [2.75, 3.05) is 31.6 Å². The Bertz CT molecular complexity index is 736. The van der Waals surface area contributed by atoms with E-state index in [4.69, 9.17) is 4.74 Å². The van der Waals surface area contributed by atoms with Crippen molar-refractivity contribution in [2.45, 2.75) is 39.2 Å². The first-order valence-corrected chi connectivity index (χ1v) is 10.00. The molecule has 0 bridgehead atoms. The summed E-state index contributed by atoms with van der Waals surface area (Å²) in [5.41, 5.74) is 3.16. The van der Waals surface area contributed by atoms with Gasteiger partial charge in [0.25, 0.3) is 5.91 Å². The number of ether oxygens (including phenoxy) is 1. The summed E-state index contributed by atoms with van der Waals surface area (Å²) >= 11 is 0. The smallest absolute Gasteiger partial charge is 0.253 e. The second kappa shape index (κ2) is 9.45. The molecule has 2 aromatic rings. The zero-order chi connectivity index (χ0) is 19.1. The van der Waals surface area contributed by atoms with Crippen molar-refractivity contribution in [3.05, 3.63) is 59.7 Å². The summed E-state index contributed by atoms with van der Waals surface area (Å²) in [4.78, 5) is 17.0. The highest BCUT2D eigenvalue weighted by Gasteiger charge is 2.18. The SMILES string of the molecule is CCCCOc1ccc(C(=O)N(C)Cc2ccccc2N2CCCC2)cc1. The third kappa shape index (κ3) is 5.03. The second-order valence-electron chi connectivity index (χ2n) is 7.21. The lowest BCUT2D eigenvalue weighted by Crippen LogP contribution is -2.28. The molecule has 0 aliphatic carbocycles. The van der Waals surface area contributed by atoms with E-state index in [-0.39, 0.29) is 5.91 Å². The second-order valence-corrected chi connectivity index (χ2v) is 7.21. The summed E-state index contributed by atoms with van der Waals surface area (Å²) in [7, 11) is 1.87. The van der Waals surface area contributed by atoms with Crippen LogP contribution < -0.4 is 9.64 Å². The maximum atomic E-state index is 12.8. The quantitative estimate of drug-likeness (QED) is 0.633. The van der Waals surface area contributed by atoms with Crippen LogP contribution >= 0.6 is 0 Å². The normalized spacial score (nSPS) is 13.6. The summed E-state index contributed by atoms with van der Waals surface area (Å²) < 4.78 is 5.68. The number of benzene rings is 2. The van der Waals surface area contributed by atoms with E-state index >= 15 is 0 Å². The van der Waals surface area contributed by atoms with E-state index in [2.05, 4.69) is 36.1 Å². The number of amides is 1. The number of carbonyl (C=O) groups is 1. The molecule has 1 saturated heterocycles. The average molecular weight is 367 g/mol. The average Bonchev–Trinajstić information content (AvgIpc) is 3.23. The molecule has 4 heteroatoms. The lowest BCUT2D eigenvalue weighted by Gasteiger charge is -2.24. The molecular weight excluding hydrogens is 336 g/mol. The maximum Gasteiger partial charge on any atom is 0.253 e. The van der Waals surface area contributed by atoms with Gasteiger partial charge in [-0.1, -0.05) is 31.5 Å². The molecule has 0 aromatic heterocycles. The molecule has 0 atom stereocenters. The third-order valence-corrected chi connectivity index (χ3v) is 5.06. The van der Waals surface area contributed by atoms with Crippen LogP contribution in [0.3, 0.4) is 0 Å². The van der Waals surface area contributed by atoms with Gasteiger partial charge in [-0.3, -0.25) is 4.79 Å². The molecule has 4 nitrogen and oxygen atoms in total. The number of anilines is 1. The minimum atomic E-state index is 0.0336. The van der Waals surface area contributed by atoms with Crippen LogP contribution in [0.2, 0.25) is 0 Å². The van der Waals surface area contributed by atoms with E-state index in [1.165, 1.54) is 24.1 Å². The van der Waals surface area contributed by atoms with Gasteiger partial charge in [0.1, 0.15) is 5.75 Å². The Labute approximate surface area is 162 Å². The fraction of sp³-hybridized carbons (Fsp3) is 0.435. The number of rotatable bonds is 8. The van der Waals surface area contributed by atoms with Crippen molar-refractivity contribution in [3.8, 4) is 5.75 Å². The molecule has 27 heavy (non-hydrogen) atoms. The van der Waals surface area contributed by atoms with Gasteiger partial charge in [-0.2, -0.15) is 0 Å². The van der Waals surface area contributed by atoms with E-state index in [0.29, 0.717) is 12.1 Å². The van der Waals surface area contributed by atoms with Crippen LogP contribution in [0, 0.1) is 0 Å². The number of hydrogen-bond donors (Lipinski definition) is 0. The van der Waals surface area contributed by atoms with Crippen LogP contribution in [0.25, 0.3) is 0 Å². The van der Waals surface area contributed by atoms with Crippen LogP contribution in [0.1, 0.15) is 48.5 Å². The van der Waals surface area contributed by atoms with Crippen molar-refractivity contribution in [2.24, 2.45) is 0 Å². The van der Waals surface area contributed by atoms with Crippen molar-refractivity contribution in [1.82, 2.24) is 4.90 Å². The summed E-state index contributed by atoms with van der Waals surface area (Å²) in [6, 6.07) is 15.9. The monoisotopic (exact) mass is 366 g/mol. The molecule has 2 aromatic carbocycles. The largest absolute Gasteiger partial charge is 0.494 e. The first kappa shape index (κ1) is 19.3. The van der Waals surface area contributed by atoms with E-state index in [1.54, 1.807) is 4.90 Å². The van der Waals surface area contributed by atoms with E-state index in [1.807, 2.05) is 31.3 Å². The van der Waals surface area contributed by atoms with Gasteiger partial charge in [-0.15, -0.1) is 0 Å². The zero-order valence-electron chi connectivity index (χ0n) is 16.5. The molecule has 1 aliphatic heterocycles. The van der Waals surface area contributed by atoms with Gasteiger partial charge in [-0.25, -0.2) is 0 Å². The molecule has 0 saturated carbocycles. The number of unbranched alkanes of at least 4 members (excludes halogenated alkanes) is 1.